The van der Waals surface area contributed by atoms with Crippen LogP contribution in [0.2, 0.25) is 0 Å². The Morgan fingerprint density at radius 2 is 1.88 bits per heavy atom. The van der Waals surface area contributed by atoms with Crippen molar-refractivity contribution in [2.75, 3.05) is 11.8 Å². The van der Waals surface area contributed by atoms with Gasteiger partial charge in [0.05, 0.1) is 4.87 Å². The normalized spacial score (nSPS) is 18.0. The van der Waals surface area contributed by atoms with Crippen LogP contribution < -0.4 is 0 Å². The highest BCUT2D eigenvalue weighted by Gasteiger charge is 2.17. The summed E-state index contributed by atoms with van der Waals surface area (Å²) in [5, 5.41) is 0. The van der Waals surface area contributed by atoms with Gasteiger partial charge in [0, 0.05) is 11.8 Å². The zero-order valence-electron chi connectivity index (χ0n) is 4.76. The van der Waals surface area contributed by atoms with Gasteiger partial charge in [0.1, 0.15) is 0 Å². The third kappa shape index (κ3) is 3.82. The molecule has 0 radical (unpaired) electrons. The van der Waals surface area contributed by atoms with Gasteiger partial charge in [-0.2, -0.15) is 0 Å². The first-order valence-corrected chi connectivity index (χ1v) is 3.88. The lowest BCUT2D eigenvalue weighted by atomic mass is 10.1. The summed E-state index contributed by atoms with van der Waals surface area (Å²) in [6.45, 7) is 1.88. The molecule has 0 fully saturated rings. The number of alkyl halides is 3. The summed E-state index contributed by atoms with van der Waals surface area (Å²) < 4.78 is 0. The van der Waals surface area contributed by atoms with Gasteiger partial charge < -0.3 is 0 Å². The van der Waals surface area contributed by atoms with Crippen LogP contribution in [0.5, 0.6) is 0 Å². The van der Waals surface area contributed by atoms with Gasteiger partial charge >= 0.3 is 0 Å². The van der Waals surface area contributed by atoms with Gasteiger partial charge in [-0.15, -0.1) is 34.8 Å². The van der Waals surface area contributed by atoms with E-state index < -0.39 is 0 Å². The molecule has 0 nitrogen and oxygen atoms in total. The zero-order valence-corrected chi connectivity index (χ0v) is 7.02. The quantitative estimate of drug-likeness (QED) is 0.579. The van der Waals surface area contributed by atoms with Crippen LogP contribution in [-0.2, 0) is 0 Å². The Morgan fingerprint density at radius 1 is 1.38 bits per heavy atom. The molecule has 3 heteroatoms. The summed E-state index contributed by atoms with van der Waals surface area (Å²) >= 11 is 16.7. The predicted octanol–water partition coefficient (Wildman–Crippen LogP) is 2.85. The highest BCUT2D eigenvalue weighted by molar-refractivity contribution is 6.31. The highest BCUT2D eigenvalue weighted by atomic mass is 35.5. The van der Waals surface area contributed by atoms with E-state index in [9.17, 15) is 0 Å². The second-order valence-electron chi connectivity index (χ2n) is 1.99. The maximum absolute atomic E-state index is 5.80. The first-order valence-electron chi connectivity index (χ1n) is 2.43. The SMILES string of the molecule is CC(Cl)(CCl)CCCl. The van der Waals surface area contributed by atoms with Gasteiger partial charge in [0.15, 0.2) is 0 Å². The van der Waals surface area contributed by atoms with Crippen molar-refractivity contribution in [3.8, 4) is 0 Å². The van der Waals surface area contributed by atoms with E-state index >= 15 is 0 Å². The maximum atomic E-state index is 5.80. The fourth-order valence-electron chi connectivity index (χ4n) is 0.264. The summed E-state index contributed by atoms with van der Waals surface area (Å²) in [7, 11) is 0. The summed E-state index contributed by atoms with van der Waals surface area (Å²) in [6.07, 6.45) is 0.764. The van der Waals surface area contributed by atoms with Crippen molar-refractivity contribution in [3.05, 3.63) is 0 Å². The first-order chi connectivity index (χ1) is 3.62. The maximum Gasteiger partial charge on any atom is 0.0565 e. The lowest BCUT2D eigenvalue weighted by Gasteiger charge is -2.15. The minimum absolute atomic E-state index is 0.302. The molecule has 0 rings (SSSR count). The van der Waals surface area contributed by atoms with E-state index in [0.29, 0.717) is 11.8 Å². The molecule has 1 atom stereocenters. The van der Waals surface area contributed by atoms with E-state index in [1.54, 1.807) is 0 Å². The Labute approximate surface area is 65.1 Å². The molecule has 8 heavy (non-hydrogen) atoms. The van der Waals surface area contributed by atoms with E-state index in [1.165, 1.54) is 0 Å². The van der Waals surface area contributed by atoms with Crippen LogP contribution in [-0.4, -0.2) is 16.6 Å². The van der Waals surface area contributed by atoms with Gasteiger partial charge in [0.25, 0.3) is 0 Å². The first kappa shape index (κ1) is 8.87. The monoisotopic (exact) mass is 174 g/mol. The van der Waals surface area contributed by atoms with Gasteiger partial charge in [-0.05, 0) is 13.3 Å². The second-order valence-corrected chi connectivity index (χ2v) is 3.54. The zero-order chi connectivity index (χ0) is 6.62. The Kier molecular flexibility index (Phi) is 4.23. The molecular formula is C5H9Cl3. The van der Waals surface area contributed by atoms with E-state index in [0.717, 1.165) is 6.42 Å². The van der Waals surface area contributed by atoms with E-state index in [1.807, 2.05) is 6.92 Å². The van der Waals surface area contributed by atoms with Crippen LogP contribution in [0.3, 0.4) is 0 Å². The molecule has 0 aliphatic rings. The van der Waals surface area contributed by atoms with Crippen LogP contribution >= 0.6 is 34.8 Å². The molecule has 0 saturated carbocycles. The second kappa shape index (κ2) is 3.81. The predicted molar refractivity (Wildman–Crippen MR) is 40.3 cm³/mol. The number of rotatable bonds is 3. The average Bonchev–Trinajstić information content (AvgIpc) is 1.67. The van der Waals surface area contributed by atoms with Crippen molar-refractivity contribution in [2.24, 2.45) is 0 Å². The molecule has 0 bridgehead atoms. The van der Waals surface area contributed by atoms with Crippen LogP contribution in [0.1, 0.15) is 13.3 Å². The van der Waals surface area contributed by atoms with Gasteiger partial charge in [-0.1, -0.05) is 0 Å². The van der Waals surface area contributed by atoms with Gasteiger partial charge in [-0.3, -0.25) is 0 Å². The summed E-state index contributed by atoms with van der Waals surface area (Å²) in [5.41, 5.74) is 0. The molecule has 0 aromatic carbocycles. The van der Waals surface area contributed by atoms with Crippen LogP contribution in [0.25, 0.3) is 0 Å². The van der Waals surface area contributed by atoms with E-state index in [-0.39, 0.29) is 4.87 Å². The van der Waals surface area contributed by atoms with Crippen molar-refractivity contribution in [2.45, 2.75) is 18.2 Å². The Hall–Kier alpha value is 0.870. The van der Waals surface area contributed by atoms with E-state index in [2.05, 4.69) is 0 Å². The van der Waals surface area contributed by atoms with Crippen molar-refractivity contribution in [1.29, 1.82) is 0 Å². The van der Waals surface area contributed by atoms with Crippen LogP contribution in [0, 0.1) is 0 Å². The smallest absolute Gasteiger partial charge is 0.0565 e. The number of hydrogen-bond donors (Lipinski definition) is 0. The number of hydrogen-bond acceptors (Lipinski definition) is 0. The molecule has 0 spiro atoms. The lowest BCUT2D eigenvalue weighted by molar-refractivity contribution is 0.682. The van der Waals surface area contributed by atoms with Crippen molar-refractivity contribution in [1.82, 2.24) is 0 Å². The minimum atomic E-state index is -0.302. The summed E-state index contributed by atoms with van der Waals surface area (Å²) in [5.74, 6) is 1.04. The Bertz CT molecular complexity index is 60.7. The largest absolute Gasteiger partial charge is 0.127 e. The molecule has 0 aromatic heterocycles. The average molecular weight is 175 g/mol. The molecular weight excluding hydrogens is 166 g/mol. The van der Waals surface area contributed by atoms with Gasteiger partial charge in [0.2, 0.25) is 0 Å². The van der Waals surface area contributed by atoms with E-state index in [4.69, 9.17) is 34.8 Å². The minimum Gasteiger partial charge on any atom is -0.127 e. The third-order valence-electron chi connectivity index (χ3n) is 0.894. The Balaban J connectivity index is 3.37. The lowest BCUT2D eigenvalue weighted by Crippen LogP contribution is -2.18. The van der Waals surface area contributed by atoms with Crippen molar-refractivity contribution < 1.29 is 0 Å². The standard InChI is InChI=1S/C5H9Cl3/c1-5(8,4-7)2-3-6/h2-4H2,1H3. The highest BCUT2D eigenvalue weighted by Crippen LogP contribution is 2.20. The van der Waals surface area contributed by atoms with Crippen LogP contribution in [0.4, 0.5) is 0 Å². The van der Waals surface area contributed by atoms with Crippen molar-refractivity contribution in [3.63, 3.8) is 0 Å². The molecule has 0 saturated heterocycles. The molecule has 0 amide bonds. The fraction of sp³-hybridized carbons (Fsp3) is 1.00. The third-order valence-corrected chi connectivity index (χ3v) is 2.13. The summed E-state index contributed by atoms with van der Waals surface area (Å²) in [4.78, 5) is -0.302. The van der Waals surface area contributed by atoms with Crippen LogP contribution in [0.15, 0.2) is 0 Å². The van der Waals surface area contributed by atoms with Gasteiger partial charge in [-0.25, -0.2) is 0 Å². The summed E-state index contributed by atoms with van der Waals surface area (Å²) in [6, 6.07) is 0. The molecule has 0 aromatic rings. The Morgan fingerprint density at radius 3 is 2.00 bits per heavy atom. The number of halogens is 3. The topological polar surface area (TPSA) is 0 Å². The molecule has 0 aliphatic carbocycles. The molecule has 1 unspecified atom stereocenters. The molecule has 0 heterocycles. The fourth-order valence-corrected chi connectivity index (χ4v) is 1.01. The molecule has 0 aliphatic heterocycles. The molecule has 50 valence electrons. The van der Waals surface area contributed by atoms with Crippen molar-refractivity contribution >= 4 is 34.8 Å². The molecule has 0 N–H and O–H groups in total.